The third kappa shape index (κ3) is 2.56. The Labute approximate surface area is 102 Å². The normalized spacial score (nSPS) is 24.7. The summed E-state index contributed by atoms with van der Waals surface area (Å²) in [5, 5.41) is 10.5. The molecule has 1 saturated heterocycles. The maximum atomic E-state index is 4.01. The van der Waals surface area contributed by atoms with Crippen LogP contribution < -0.4 is 5.32 Å². The molecule has 1 aliphatic heterocycles. The standard InChI is InChI=1S/C11H18N4.ClH/c1-2-10(1)15(11-4-5-12-7-11)8-9-3-6-13-14-9;/h3,6,10-12H,1-2,4-5,7-8H2,(H,13,14);1H. The van der Waals surface area contributed by atoms with E-state index in [4.69, 9.17) is 0 Å². The van der Waals surface area contributed by atoms with Crippen molar-refractivity contribution in [2.75, 3.05) is 13.1 Å². The zero-order chi connectivity index (χ0) is 10.1. The highest BCUT2D eigenvalue weighted by atomic mass is 35.5. The number of nitrogens with one attached hydrogen (secondary N) is 2. The van der Waals surface area contributed by atoms with Crippen molar-refractivity contribution in [1.29, 1.82) is 0 Å². The molecule has 4 nitrogen and oxygen atoms in total. The predicted octanol–water partition coefficient (Wildman–Crippen LogP) is 1.16. The SMILES string of the molecule is Cl.c1cc(CN(C2CC2)C2CCNC2)[nH]n1. The number of rotatable bonds is 4. The number of halogens is 1. The zero-order valence-corrected chi connectivity index (χ0v) is 10.2. The van der Waals surface area contributed by atoms with Crippen molar-refractivity contribution in [2.45, 2.75) is 37.9 Å². The molecule has 1 aromatic heterocycles. The molecule has 1 aliphatic carbocycles. The van der Waals surface area contributed by atoms with E-state index < -0.39 is 0 Å². The van der Waals surface area contributed by atoms with Gasteiger partial charge in [-0.1, -0.05) is 0 Å². The number of aromatic nitrogens is 2. The van der Waals surface area contributed by atoms with Crippen LogP contribution in [0.3, 0.4) is 0 Å². The fourth-order valence-corrected chi connectivity index (χ4v) is 2.45. The molecule has 5 heteroatoms. The molecule has 1 saturated carbocycles. The van der Waals surface area contributed by atoms with Crippen molar-refractivity contribution in [1.82, 2.24) is 20.4 Å². The Hall–Kier alpha value is -0.580. The van der Waals surface area contributed by atoms with Crippen LogP contribution in [-0.2, 0) is 6.54 Å². The molecule has 1 aromatic rings. The lowest BCUT2D eigenvalue weighted by atomic mass is 10.2. The van der Waals surface area contributed by atoms with Crippen LogP contribution >= 0.6 is 12.4 Å². The lowest BCUT2D eigenvalue weighted by molar-refractivity contribution is 0.186. The second-order valence-electron chi connectivity index (χ2n) is 4.63. The van der Waals surface area contributed by atoms with E-state index in [-0.39, 0.29) is 12.4 Å². The third-order valence-corrected chi connectivity index (χ3v) is 3.43. The van der Waals surface area contributed by atoms with Gasteiger partial charge in [-0.2, -0.15) is 5.10 Å². The quantitative estimate of drug-likeness (QED) is 0.833. The highest BCUT2D eigenvalue weighted by molar-refractivity contribution is 5.85. The van der Waals surface area contributed by atoms with Crippen molar-refractivity contribution in [3.05, 3.63) is 18.0 Å². The van der Waals surface area contributed by atoms with Crippen molar-refractivity contribution in [2.24, 2.45) is 0 Å². The summed E-state index contributed by atoms with van der Waals surface area (Å²) in [6.07, 6.45) is 5.90. The lowest BCUT2D eigenvalue weighted by Crippen LogP contribution is -2.38. The fourth-order valence-electron chi connectivity index (χ4n) is 2.45. The van der Waals surface area contributed by atoms with Gasteiger partial charge < -0.3 is 5.32 Å². The summed E-state index contributed by atoms with van der Waals surface area (Å²) in [6.45, 7) is 3.37. The van der Waals surface area contributed by atoms with Gasteiger partial charge in [-0.3, -0.25) is 10.00 Å². The van der Waals surface area contributed by atoms with E-state index in [1.807, 2.05) is 6.20 Å². The minimum absolute atomic E-state index is 0. The highest BCUT2D eigenvalue weighted by Gasteiger charge is 2.35. The van der Waals surface area contributed by atoms with Crippen LogP contribution in [0.5, 0.6) is 0 Å². The van der Waals surface area contributed by atoms with E-state index in [1.54, 1.807) is 0 Å². The molecule has 1 atom stereocenters. The summed E-state index contributed by atoms with van der Waals surface area (Å²) in [5.74, 6) is 0. The van der Waals surface area contributed by atoms with Crippen molar-refractivity contribution in [3.8, 4) is 0 Å². The van der Waals surface area contributed by atoms with E-state index in [1.165, 1.54) is 31.5 Å². The van der Waals surface area contributed by atoms with Crippen LogP contribution in [0.4, 0.5) is 0 Å². The fraction of sp³-hybridized carbons (Fsp3) is 0.727. The molecular weight excluding hydrogens is 224 g/mol. The molecular formula is C11H19ClN4. The van der Waals surface area contributed by atoms with Crippen LogP contribution in [0.25, 0.3) is 0 Å². The minimum Gasteiger partial charge on any atom is -0.315 e. The number of hydrogen-bond donors (Lipinski definition) is 2. The first-order chi connectivity index (χ1) is 7.43. The maximum Gasteiger partial charge on any atom is 0.0492 e. The maximum absolute atomic E-state index is 4.01. The Morgan fingerprint density at radius 2 is 2.19 bits per heavy atom. The van der Waals surface area contributed by atoms with Gasteiger partial charge >= 0.3 is 0 Å². The Morgan fingerprint density at radius 1 is 1.31 bits per heavy atom. The second-order valence-corrected chi connectivity index (χ2v) is 4.63. The molecule has 2 aliphatic rings. The van der Waals surface area contributed by atoms with Gasteiger partial charge in [-0.25, -0.2) is 0 Å². The van der Waals surface area contributed by atoms with Gasteiger partial charge in [0.05, 0.1) is 0 Å². The Bertz CT molecular complexity index is 304. The van der Waals surface area contributed by atoms with Gasteiger partial charge in [0, 0.05) is 37.1 Å². The monoisotopic (exact) mass is 242 g/mol. The molecule has 2 N–H and O–H groups in total. The van der Waals surface area contributed by atoms with Gasteiger partial charge in [-0.15, -0.1) is 12.4 Å². The summed E-state index contributed by atoms with van der Waals surface area (Å²) < 4.78 is 0. The van der Waals surface area contributed by atoms with Crippen LogP contribution in [-0.4, -0.2) is 40.3 Å². The Morgan fingerprint density at radius 3 is 2.75 bits per heavy atom. The van der Waals surface area contributed by atoms with E-state index in [2.05, 4.69) is 26.5 Å². The van der Waals surface area contributed by atoms with Crippen LogP contribution in [0.1, 0.15) is 25.0 Å². The number of H-pyrrole nitrogens is 1. The third-order valence-electron chi connectivity index (χ3n) is 3.43. The molecule has 0 radical (unpaired) electrons. The van der Waals surface area contributed by atoms with Crippen LogP contribution in [0, 0.1) is 0 Å². The molecule has 0 spiro atoms. The van der Waals surface area contributed by atoms with Gasteiger partial charge in [-0.05, 0) is 31.9 Å². The first-order valence-corrected chi connectivity index (χ1v) is 5.88. The summed E-state index contributed by atoms with van der Waals surface area (Å²) >= 11 is 0. The molecule has 0 amide bonds. The molecule has 16 heavy (non-hydrogen) atoms. The molecule has 0 bridgehead atoms. The smallest absolute Gasteiger partial charge is 0.0492 e. The van der Waals surface area contributed by atoms with Crippen molar-refractivity contribution < 1.29 is 0 Å². The van der Waals surface area contributed by atoms with Gasteiger partial charge in [0.15, 0.2) is 0 Å². The average Bonchev–Trinajstić information content (AvgIpc) is 2.78. The van der Waals surface area contributed by atoms with Gasteiger partial charge in [0.1, 0.15) is 0 Å². The first-order valence-electron chi connectivity index (χ1n) is 5.88. The second kappa shape index (κ2) is 5.17. The minimum atomic E-state index is 0. The van der Waals surface area contributed by atoms with Crippen molar-refractivity contribution in [3.63, 3.8) is 0 Å². The summed E-state index contributed by atoms with van der Waals surface area (Å²) in [6, 6.07) is 3.65. The van der Waals surface area contributed by atoms with Crippen molar-refractivity contribution >= 4 is 12.4 Å². The number of nitrogens with zero attached hydrogens (tertiary/aromatic N) is 2. The van der Waals surface area contributed by atoms with E-state index in [0.29, 0.717) is 0 Å². The molecule has 1 unspecified atom stereocenters. The topological polar surface area (TPSA) is 44.0 Å². The van der Waals surface area contributed by atoms with Crippen LogP contribution in [0.2, 0.25) is 0 Å². The van der Waals surface area contributed by atoms with Crippen LogP contribution in [0.15, 0.2) is 12.3 Å². The van der Waals surface area contributed by atoms with E-state index in [0.717, 1.165) is 25.2 Å². The number of aromatic amines is 1. The molecule has 2 heterocycles. The first kappa shape index (κ1) is 11.9. The molecule has 3 rings (SSSR count). The van der Waals surface area contributed by atoms with E-state index in [9.17, 15) is 0 Å². The Balaban J connectivity index is 0.000000963. The predicted molar refractivity (Wildman–Crippen MR) is 65.7 cm³/mol. The average molecular weight is 243 g/mol. The molecule has 90 valence electrons. The van der Waals surface area contributed by atoms with E-state index >= 15 is 0 Å². The molecule has 0 aromatic carbocycles. The Kier molecular flexibility index (Phi) is 3.84. The number of hydrogen-bond acceptors (Lipinski definition) is 3. The summed E-state index contributed by atoms with van der Waals surface area (Å²) in [5.41, 5.74) is 1.24. The molecule has 2 fully saturated rings. The van der Waals surface area contributed by atoms with Gasteiger partial charge in [0.25, 0.3) is 0 Å². The summed E-state index contributed by atoms with van der Waals surface area (Å²) in [4.78, 5) is 2.65. The summed E-state index contributed by atoms with van der Waals surface area (Å²) in [7, 11) is 0. The lowest BCUT2D eigenvalue weighted by Gasteiger charge is -2.27. The highest BCUT2D eigenvalue weighted by Crippen LogP contribution is 2.31. The largest absolute Gasteiger partial charge is 0.315 e. The zero-order valence-electron chi connectivity index (χ0n) is 9.35. The van der Waals surface area contributed by atoms with Gasteiger partial charge in [0.2, 0.25) is 0 Å².